The van der Waals surface area contributed by atoms with Crippen LogP contribution in [0.15, 0.2) is 12.3 Å². The molecule has 0 aliphatic heterocycles. The van der Waals surface area contributed by atoms with Gasteiger partial charge in [-0.3, -0.25) is 4.68 Å². The summed E-state index contributed by atoms with van der Waals surface area (Å²) in [6.07, 6.45) is -3.95. The van der Waals surface area contributed by atoms with Crippen LogP contribution < -0.4 is 10.1 Å². The minimum atomic E-state index is -4.58. The molecule has 2 N–H and O–H groups in total. The quantitative estimate of drug-likeness (QED) is 0.577. The Kier molecular flexibility index (Phi) is 6.88. The first kappa shape index (κ1) is 22.7. The minimum Gasteiger partial charge on any atom is -0.476 e. The number of rotatable bonds is 8. The molecule has 0 spiro atoms. The molecule has 2 aromatic rings. The molecule has 0 radical (unpaired) electrons. The summed E-state index contributed by atoms with van der Waals surface area (Å²) in [4.78, 5) is 15.1. The predicted molar refractivity (Wildman–Crippen MR) is 93.5 cm³/mol. The Labute approximate surface area is 166 Å². The number of nitrogens with zero attached hydrogens (tertiary/aromatic N) is 3. The summed E-state index contributed by atoms with van der Waals surface area (Å²) in [5.41, 5.74) is -0.733. The summed E-state index contributed by atoms with van der Waals surface area (Å²) in [5, 5.41) is 14.7. The van der Waals surface area contributed by atoms with Crippen LogP contribution in [0.5, 0.6) is 5.75 Å². The van der Waals surface area contributed by atoms with Crippen molar-refractivity contribution in [1.82, 2.24) is 14.8 Å². The average Bonchev–Trinajstić information content (AvgIpc) is 2.95. The molecule has 0 aromatic carbocycles. The number of alkyl halides is 5. The first-order valence-electron chi connectivity index (χ1n) is 8.27. The van der Waals surface area contributed by atoms with Gasteiger partial charge in [-0.1, -0.05) is 18.5 Å². The lowest BCUT2D eigenvalue weighted by molar-refractivity contribution is -0.142. The van der Waals surface area contributed by atoms with Gasteiger partial charge in [-0.05, 0) is 13.3 Å². The highest BCUT2D eigenvalue weighted by atomic mass is 35.5. The Morgan fingerprint density at radius 1 is 1.38 bits per heavy atom. The van der Waals surface area contributed by atoms with Gasteiger partial charge in [0.15, 0.2) is 5.69 Å². The maximum atomic E-state index is 13.0. The molecule has 2 heterocycles. The maximum absolute atomic E-state index is 13.0. The number of aryl methyl sites for hydroxylation is 1. The van der Waals surface area contributed by atoms with E-state index < -0.39 is 36.2 Å². The number of nitrogens with one attached hydrogen (secondary N) is 1. The zero-order valence-corrected chi connectivity index (χ0v) is 15.9. The fraction of sp³-hybridized carbons (Fsp3) is 0.438. The molecular formula is C16H16ClF5N4O3. The molecule has 2 aromatic heterocycles. The van der Waals surface area contributed by atoms with Crippen molar-refractivity contribution in [3.05, 3.63) is 23.0 Å². The molecule has 29 heavy (non-hydrogen) atoms. The van der Waals surface area contributed by atoms with E-state index in [1.165, 1.54) is 6.92 Å². The van der Waals surface area contributed by atoms with Gasteiger partial charge in [-0.15, -0.1) is 0 Å². The highest BCUT2D eigenvalue weighted by Crippen LogP contribution is 2.38. The van der Waals surface area contributed by atoms with E-state index in [0.717, 1.165) is 16.9 Å². The maximum Gasteiger partial charge on any atom is 0.408 e. The van der Waals surface area contributed by atoms with Gasteiger partial charge in [0.25, 0.3) is 0 Å². The summed E-state index contributed by atoms with van der Waals surface area (Å²) in [7, 11) is 0. The molecule has 0 fully saturated rings. The van der Waals surface area contributed by atoms with Gasteiger partial charge in [0.2, 0.25) is 0 Å². The SMILES string of the molecule is CC[C@@H](Nc1cc(OC(F)F)c(-c2c(Cl)c(C(=O)O)nn2CC)cn1)C(F)(F)F. The smallest absolute Gasteiger partial charge is 0.408 e. The van der Waals surface area contributed by atoms with Crippen molar-refractivity contribution >= 4 is 23.4 Å². The Morgan fingerprint density at radius 2 is 2.03 bits per heavy atom. The predicted octanol–water partition coefficient (Wildman–Crippen LogP) is 4.67. The zero-order valence-electron chi connectivity index (χ0n) is 15.1. The Hall–Kier alpha value is -2.63. The molecule has 0 amide bonds. The van der Waals surface area contributed by atoms with Crippen molar-refractivity contribution in [2.24, 2.45) is 0 Å². The van der Waals surface area contributed by atoms with Crippen molar-refractivity contribution < 1.29 is 36.6 Å². The monoisotopic (exact) mass is 442 g/mol. The summed E-state index contributed by atoms with van der Waals surface area (Å²) >= 11 is 6.05. The zero-order chi connectivity index (χ0) is 21.9. The molecule has 160 valence electrons. The number of halogens is 6. The highest BCUT2D eigenvalue weighted by Gasteiger charge is 2.38. The van der Waals surface area contributed by atoms with Crippen LogP contribution in [0, 0.1) is 0 Å². The summed E-state index contributed by atoms with van der Waals surface area (Å²) in [5.74, 6) is -2.34. The number of aromatic carboxylic acids is 1. The van der Waals surface area contributed by atoms with E-state index in [0.29, 0.717) is 0 Å². The molecule has 0 bridgehead atoms. The van der Waals surface area contributed by atoms with Crippen molar-refractivity contribution in [2.75, 3.05) is 5.32 Å². The molecule has 13 heteroatoms. The minimum absolute atomic E-state index is 0.0656. The number of aromatic nitrogens is 3. The lowest BCUT2D eigenvalue weighted by Gasteiger charge is -2.21. The van der Waals surface area contributed by atoms with Crippen LogP contribution in [0.3, 0.4) is 0 Å². The molecule has 1 atom stereocenters. The normalized spacial score (nSPS) is 12.9. The Morgan fingerprint density at radius 3 is 2.52 bits per heavy atom. The molecule has 0 saturated carbocycles. The third-order valence-electron chi connectivity index (χ3n) is 3.86. The first-order chi connectivity index (χ1) is 13.5. The summed E-state index contributed by atoms with van der Waals surface area (Å²) < 4.78 is 70.2. The van der Waals surface area contributed by atoms with Crippen LogP contribution in [0.2, 0.25) is 5.02 Å². The largest absolute Gasteiger partial charge is 0.476 e. The Bertz CT molecular complexity index is 888. The van der Waals surface area contributed by atoms with E-state index in [9.17, 15) is 26.7 Å². The van der Waals surface area contributed by atoms with Gasteiger partial charge in [0, 0.05) is 18.8 Å². The van der Waals surface area contributed by atoms with Crippen molar-refractivity contribution in [2.45, 2.75) is 45.6 Å². The van der Waals surface area contributed by atoms with Crippen LogP contribution >= 0.6 is 11.6 Å². The van der Waals surface area contributed by atoms with Crippen molar-refractivity contribution in [3.63, 3.8) is 0 Å². The first-order valence-corrected chi connectivity index (χ1v) is 8.65. The van der Waals surface area contributed by atoms with E-state index in [-0.39, 0.29) is 35.1 Å². The van der Waals surface area contributed by atoms with Gasteiger partial charge in [0.1, 0.15) is 22.6 Å². The van der Waals surface area contributed by atoms with Crippen LogP contribution in [0.25, 0.3) is 11.3 Å². The molecule has 0 aliphatic rings. The van der Waals surface area contributed by atoms with Crippen molar-refractivity contribution in [1.29, 1.82) is 0 Å². The number of carbonyl (C=O) groups is 1. The van der Waals surface area contributed by atoms with Crippen LogP contribution in [-0.4, -0.2) is 44.7 Å². The fourth-order valence-electron chi connectivity index (χ4n) is 2.54. The second kappa shape index (κ2) is 8.80. The lowest BCUT2D eigenvalue weighted by atomic mass is 10.1. The molecule has 2 rings (SSSR count). The van der Waals surface area contributed by atoms with Gasteiger partial charge in [-0.2, -0.15) is 27.1 Å². The molecule has 0 aliphatic carbocycles. The third kappa shape index (κ3) is 5.05. The fourth-order valence-corrected chi connectivity index (χ4v) is 2.86. The molecule has 7 nitrogen and oxygen atoms in total. The number of carboxylic acids is 1. The molecule has 0 saturated heterocycles. The van der Waals surface area contributed by atoms with E-state index in [2.05, 4.69) is 20.1 Å². The molecule has 0 unspecified atom stereocenters. The van der Waals surface area contributed by atoms with E-state index in [1.54, 1.807) is 6.92 Å². The summed E-state index contributed by atoms with van der Waals surface area (Å²) in [6, 6.07) is -1.09. The Balaban J connectivity index is 2.58. The van der Waals surface area contributed by atoms with Crippen LogP contribution in [0.4, 0.5) is 27.8 Å². The van der Waals surface area contributed by atoms with E-state index in [4.69, 9.17) is 16.7 Å². The standard InChI is InChI=1S/C16H16ClF5N4O3/c1-3-9(16(20,21)22)24-10-5-8(29-15(18)19)7(6-23-10)13-11(17)12(14(27)28)25-26(13)4-2/h5-6,9,15H,3-4H2,1-2H3,(H,23,24)(H,27,28)/t9-/m1/s1. The number of pyridine rings is 1. The number of carboxylic acid groups (broad SMARTS) is 1. The van der Waals surface area contributed by atoms with Gasteiger partial charge in [-0.25, -0.2) is 9.78 Å². The van der Waals surface area contributed by atoms with Crippen LogP contribution in [0.1, 0.15) is 30.8 Å². The van der Waals surface area contributed by atoms with Gasteiger partial charge < -0.3 is 15.2 Å². The summed E-state index contributed by atoms with van der Waals surface area (Å²) in [6.45, 7) is -0.278. The second-order valence-corrected chi connectivity index (χ2v) is 6.10. The van der Waals surface area contributed by atoms with Gasteiger partial charge in [0.05, 0.1) is 11.3 Å². The van der Waals surface area contributed by atoms with E-state index in [1.807, 2.05) is 0 Å². The van der Waals surface area contributed by atoms with Crippen LogP contribution in [-0.2, 0) is 6.54 Å². The number of hydrogen-bond acceptors (Lipinski definition) is 5. The number of hydrogen-bond donors (Lipinski definition) is 2. The van der Waals surface area contributed by atoms with Gasteiger partial charge >= 0.3 is 18.8 Å². The topological polar surface area (TPSA) is 89.3 Å². The second-order valence-electron chi connectivity index (χ2n) is 5.72. The third-order valence-corrected chi connectivity index (χ3v) is 4.22. The molecular weight excluding hydrogens is 427 g/mol. The lowest BCUT2D eigenvalue weighted by Crippen LogP contribution is -2.35. The number of anilines is 1. The van der Waals surface area contributed by atoms with Crippen molar-refractivity contribution in [3.8, 4) is 17.0 Å². The highest BCUT2D eigenvalue weighted by molar-refractivity contribution is 6.35. The number of ether oxygens (including phenoxy) is 1. The van der Waals surface area contributed by atoms with E-state index >= 15 is 0 Å². The average molecular weight is 443 g/mol.